The minimum atomic E-state index is -0.504. The molecule has 0 spiro atoms. The Morgan fingerprint density at radius 2 is 1.93 bits per heavy atom. The molecule has 1 aromatic carbocycles. The first-order valence-electron chi connectivity index (χ1n) is 15.1. The number of carbonyl (C=O) groups is 1. The molecule has 1 amide bonds. The molecule has 1 saturated heterocycles. The van der Waals surface area contributed by atoms with Gasteiger partial charge in [-0.15, -0.1) is 0 Å². The zero-order chi connectivity index (χ0) is 28.8. The fraction of sp³-hybridized carbons (Fsp3) is 0.531. The molecule has 0 bridgehead atoms. The summed E-state index contributed by atoms with van der Waals surface area (Å²) in [6.07, 6.45) is 15.3. The second-order valence-electron chi connectivity index (χ2n) is 11.4. The van der Waals surface area contributed by atoms with Gasteiger partial charge in [-0.05, 0) is 50.8 Å². The summed E-state index contributed by atoms with van der Waals surface area (Å²) >= 11 is 0. The average molecular weight is 562 g/mol. The summed E-state index contributed by atoms with van der Waals surface area (Å²) in [5, 5.41) is 16.4. The minimum Gasteiger partial charge on any atom is -0.391 e. The Balaban J connectivity index is 1.24. The fourth-order valence-electron chi connectivity index (χ4n) is 6.10. The molecule has 2 fully saturated rings. The minimum absolute atomic E-state index is 0.0199. The average Bonchev–Trinajstić information content (AvgIpc) is 3.44. The maximum absolute atomic E-state index is 13.7. The van der Waals surface area contributed by atoms with Crippen molar-refractivity contribution < 1.29 is 14.6 Å². The lowest BCUT2D eigenvalue weighted by atomic mass is 9.95. The predicted octanol–water partition coefficient (Wildman–Crippen LogP) is 4.35. The van der Waals surface area contributed by atoms with E-state index in [4.69, 9.17) is 4.74 Å². The van der Waals surface area contributed by atoms with Crippen LogP contribution in [0.25, 0.3) is 21.8 Å². The van der Waals surface area contributed by atoms with Gasteiger partial charge in [0.2, 0.25) is 0 Å². The first-order valence-corrected chi connectivity index (χ1v) is 15.1. The van der Waals surface area contributed by atoms with Crippen molar-refractivity contribution >= 4 is 27.7 Å². The van der Waals surface area contributed by atoms with Crippen molar-refractivity contribution in [3.05, 3.63) is 64.1 Å². The van der Waals surface area contributed by atoms with E-state index in [9.17, 15) is 14.7 Å². The number of ether oxygens (including phenoxy) is 1. The van der Waals surface area contributed by atoms with Crippen LogP contribution >= 0.6 is 0 Å². The second-order valence-corrected chi connectivity index (χ2v) is 11.4. The van der Waals surface area contributed by atoms with Crippen molar-refractivity contribution in [3.63, 3.8) is 0 Å². The predicted molar refractivity (Wildman–Crippen MR) is 162 cm³/mol. The zero-order valence-corrected chi connectivity index (χ0v) is 24.3. The molecular weight excluding hydrogens is 518 g/mol. The maximum atomic E-state index is 13.7. The largest absolute Gasteiger partial charge is 0.391 e. The van der Waals surface area contributed by atoms with Gasteiger partial charge in [0.05, 0.1) is 48.0 Å². The summed E-state index contributed by atoms with van der Waals surface area (Å²) in [6.45, 7) is 8.28. The topological polar surface area (TPSA) is 104 Å². The van der Waals surface area contributed by atoms with E-state index >= 15 is 0 Å². The standard InChI is InChI=1S/C32H43N5O4/c1-3-4-5-9-18-41-22-25(38)12-13-35-14-16-36(17-15-35)32(40)26-20-27-29(19-23(26)2)34-31(39)28-21-33-37(30(27)28)24-10-7-6-8-11-24/h3-5,9,19-21,24-25,38H,6-8,10-18,22H2,1-2H3,(H,34,39)/b4-3-,9-5-. The van der Waals surface area contributed by atoms with E-state index in [0.717, 1.165) is 54.5 Å². The summed E-state index contributed by atoms with van der Waals surface area (Å²) in [7, 11) is 0. The van der Waals surface area contributed by atoms with Crippen molar-refractivity contribution in [3.8, 4) is 0 Å². The quantitative estimate of drug-likeness (QED) is 0.282. The van der Waals surface area contributed by atoms with Crippen LogP contribution in [0.3, 0.4) is 0 Å². The molecule has 9 heteroatoms. The van der Waals surface area contributed by atoms with Crippen LogP contribution in [0, 0.1) is 6.92 Å². The van der Waals surface area contributed by atoms with Crippen molar-refractivity contribution in [2.45, 2.75) is 64.5 Å². The number of aryl methyl sites for hydroxylation is 1. The summed E-state index contributed by atoms with van der Waals surface area (Å²) in [5.41, 5.74) is 2.97. The monoisotopic (exact) mass is 561 g/mol. The highest BCUT2D eigenvalue weighted by Gasteiger charge is 2.26. The van der Waals surface area contributed by atoms with Gasteiger partial charge in [0, 0.05) is 43.7 Å². The van der Waals surface area contributed by atoms with Crippen LogP contribution in [0.15, 0.2) is 47.4 Å². The number of benzene rings is 1. The molecule has 1 unspecified atom stereocenters. The molecular formula is C32H43N5O4. The number of nitrogens with one attached hydrogen (secondary N) is 1. The number of amides is 1. The Kier molecular flexibility index (Phi) is 9.69. The molecule has 1 saturated carbocycles. The Morgan fingerprint density at radius 3 is 2.68 bits per heavy atom. The molecule has 1 atom stereocenters. The van der Waals surface area contributed by atoms with E-state index in [2.05, 4.69) is 15.0 Å². The molecule has 1 aliphatic carbocycles. The van der Waals surface area contributed by atoms with Gasteiger partial charge in [-0.1, -0.05) is 43.6 Å². The van der Waals surface area contributed by atoms with E-state index in [0.29, 0.717) is 43.7 Å². The number of nitrogens with zero attached hydrogens (tertiary/aromatic N) is 4. The number of hydrogen-bond acceptors (Lipinski definition) is 6. The van der Waals surface area contributed by atoms with Gasteiger partial charge in [0.1, 0.15) is 0 Å². The van der Waals surface area contributed by atoms with E-state index in [1.807, 2.05) is 59.9 Å². The Labute approximate surface area is 241 Å². The van der Waals surface area contributed by atoms with E-state index in [1.165, 1.54) is 19.3 Å². The Hall–Kier alpha value is -3.27. The van der Waals surface area contributed by atoms with Crippen molar-refractivity contribution in [2.75, 3.05) is 45.9 Å². The molecule has 2 aliphatic rings. The Bertz CT molecular complexity index is 1460. The lowest BCUT2D eigenvalue weighted by Crippen LogP contribution is -2.49. The molecule has 5 rings (SSSR count). The number of hydrogen-bond donors (Lipinski definition) is 2. The summed E-state index contributed by atoms with van der Waals surface area (Å²) in [5.74, 6) is 0.0199. The van der Waals surface area contributed by atoms with Crippen LogP contribution in [-0.2, 0) is 4.74 Å². The number of allylic oxidation sites excluding steroid dienone is 3. The maximum Gasteiger partial charge on any atom is 0.259 e. The van der Waals surface area contributed by atoms with Gasteiger partial charge in [-0.25, -0.2) is 0 Å². The van der Waals surface area contributed by atoms with Crippen LogP contribution in [0.5, 0.6) is 0 Å². The molecule has 0 radical (unpaired) electrons. The third-order valence-corrected chi connectivity index (χ3v) is 8.46. The number of aliphatic hydroxyl groups is 1. The molecule has 1 aliphatic heterocycles. The molecule has 220 valence electrons. The number of pyridine rings is 1. The van der Waals surface area contributed by atoms with Crippen LogP contribution in [0.1, 0.15) is 67.4 Å². The molecule has 2 aromatic heterocycles. The number of aromatic amines is 1. The number of rotatable bonds is 10. The first-order chi connectivity index (χ1) is 20.0. The normalized spacial score (nSPS) is 18.4. The number of H-pyrrole nitrogens is 1. The van der Waals surface area contributed by atoms with Gasteiger partial charge in [0.15, 0.2) is 0 Å². The van der Waals surface area contributed by atoms with Crippen LogP contribution in [0.2, 0.25) is 0 Å². The SMILES string of the molecule is C/C=C\C=C/COCC(O)CCN1CCN(C(=O)c2cc3c(cc2C)[nH]c(=O)c2cnn(C4CCCCC4)c23)CC1. The molecule has 2 N–H and O–H groups in total. The van der Waals surface area contributed by atoms with E-state index < -0.39 is 6.10 Å². The van der Waals surface area contributed by atoms with Gasteiger partial charge in [-0.3, -0.25) is 19.2 Å². The number of aliphatic hydroxyl groups excluding tert-OH is 1. The lowest BCUT2D eigenvalue weighted by molar-refractivity contribution is 0.0326. The van der Waals surface area contributed by atoms with E-state index in [-0.39, 0.29) is 17.5 Å². The smallest absolute Gasteiger partial charge is 0.259 e. The number of aromatic nitrogens is 3. The highest BCUT2D eigenvalue weighted by molar-refractivity contribution is 6.07. The zero-order valence-electron chi connectivity index (χ0n) is 24.3. The Morgan fingerprint density at radius 1 is 1.15 bits per heavy atom. The first kappa shape index (κ1) is 29.2. The van der Waals surface area contributed by atoms with Crippen LogP contribution in [0.4, 0.5) is 0 Å². The van der Waals surface area contributed by atoms with Gasteiger partial charge in [-0.2, -0.15) is 5.10 Å². The van der Waals surface area contributed by atoms with Gasteiger partial charge in [0.25, 0.3) is 11.5 Å². The van der Waals surface area contributed by atoms with E-state index in [1.54, 1.807) is 6.20 Å². The molecule has 9 nitrogen and oxygen atoms in total. The lowest BCUT2D eigenvalue weighted by Gasteiger charge is -2.35. The molecule has 3 heterocycles. The van der Waals surface area contributed by atoms with Gasteiger partial charge >= 0.3 is 0 Å². The third kappa shape index (κ3) is 6.80. The third-order valence-electron chi connectivity index (χ3n) is 8.46. The number of carbonyl (C=O) groups excluding carboxylic acids is 1. The van der Waals surface area contributed by atoms with Crippen LogP contribution < -0.4 is 5.56 Å². The number of fused-ring (bicyclic) bond motifs is 3. The van der Waals surface area contributed by atoms with Crippen molar-refractivity contribution in [2.24, 2.45) is 0 Å². The highest BCUT2D eigenvalue weighted by Crippen LogP contribution is 2.33. The fourth-order valence-corrected chi connectivity index (χ4v) is 6.10. The van der Waals surface area contributed by atoms with Crippen molar-refractivity contribution in [1.82, 2.24) is 24.6 Å². The molecule has 3 aromatic rings. The van der Waals surface area contributed by atoms with Crippen LogP contribution in [-0.4, -0.2) is 87.6 Å². The van der Waals surface area contributed by atoms with Gasteiger partial charge < -0.3 is 19.7 Å². The summed E-state index contributed by atoms with van der Waals surface area (Å²) in [6, 6.07) is 4.17. The summed E-state index contributed by atoms with van der Waals surface area (Å²) < 4.78 is 7.56. The van der Waals surface area contributed by atoms with Crippen molar-refractivity contribution in [1.29, 1.82) is 0 Å². The molecule has 41 heavy (non-hydrogen) atoms. The second kappa shape index (κ2) is 13.6. The number of piperazine rings is 1. The summed E-state index contributed by atoms with van der Waals surface area (Å²) in [4.78, 5) is 33.8. The highest BCUT2D eigenvalue weighted by atomic mass is 16.5.